The summed E-state index contributed by atoms with van der Waals surface area (Å²) in [6.07, 6.45) is 4.45. The van der Waals surface area contributed by atoms with E-state index in [2.05, 4.69) is 15.5 Å². The minimum Gasteiger partial charge on any atom is -0.445 e. The van der Waals surface area contributed by atoms with Crippen LogP contribution in [0.1, 0.15) is 46.6 Å². The van der Waals surface area contributed by atoms with E-state index in [1.165, 1.54) is 0 Å². The quantitative estimate of drug-likeness (QED) is 0.832. The van der Waals surface area contributed by atoms with E-state index in [0.717, 1.165) is 48.9 Å². The molecule has 0 atom stereocenters. The highest BCUT2D eigenvalue weighted by Crippen LogP contribution is 2.23. The first kappa shape index (κ1) is 18.5. The number of aryl methyl sites for hydroxylation is 1. The number of likely N-dealkylation sites (tertiary alicyclic amines) is 1. The van der Waals surface area contributed by atoms with E-state index < -0.39 is 0 Å². The minimum absolute atomic E-state index is 0.0934. The van der Waals surface area contributed by atoms with Crippen LogP contribution in [0.3, 0.4) is 0 Å². The maximum absolute atomic E-state index is 12.4. The molecule has 2 N–H and O–H groups in total. The van der Waals surface area contributed by atoms with Gasteiger partial charge in [-0.3, -0.25) is 9.89 Å². The maximum atomic E-state index is 12.4. The Morgan fingerprint density at radius 1 is 1.18 bits per heavy atom. The number of benzene rings is 1. The normalized spacial score (nSPS) is 16.6. The van der Waals surface area contributed by atoms with Crippen LogP contribution in [0.2, 0.25) is 0 Å². The standard InChI is InChI=1S/C21H26N4O3/c26-20(19-17-7-4-8-18(17)23-24-19)22-13-15-9-11-25(12-10-15)21(27)28-14-16-5-2-1-3-6-16/h1-3,5-6,15H,4,7-14H2,(H,22,26)(H,23,24). The zero-order valence-corrected chi connectivity index (χ0v) is 15.9. The lowest BCUT2D eigenvalue weighted by Gasteiger charge is -2.31. The fourth-order valence-corrected chi connectivity index (χ4v) is 3.96. The second-order valence-corrected chi connectivity index (χ2v) is 7.56. The number of amides is 2. The number of hydrogen-bond acceptors (Lipinski definition) is 4. The van der Waals surface area contributed by atoms with Crippen molar-refractivity contribution in [1.29, 1.82) is 0 Å². The van der Waals surface area contributed by atoms with Gasteiger partial charge in [0.25, 0.3) is 5.91 Å². The molecule has 148 valence electrons. The van der Waals surface area contributed by atoms with Gasteiger partial charge >= 0.3 is 6.09 Å². The van der Waals surface area contributed by atoms with Gasteiger partial charge in [0.15, 0.2) is 5.69 Å². The number of fused-ring (bicyclic) bond motifs is 1. The monoisotopic (exact) mass is 382 g/mol. The number of rotatable bonds is 5. The molecule has 0 spiro atoms. The molecule has 0 unspecified atom stereocenters. The molecule has 1 aromatic heterocycles. The van der Waals surface area contributed by atoms with Gasteiger partial charge in [0, 0.05) is 30.9 Å². The number of carbonyl (C=O) groups is 2. The van der Waals surface area contributed by atoms with E-state index in [0.29, 0.717) is 37.9 Å². The molecule has 2 aromatic rings. The third-order valence-electron chi connectivity index (χ3n) is 5.65. The molecule has 1 saturated heterocycles. The van der Waals surface area contributed by atoms with Crippen LogP contribution >= 0.6 is 0 Å². The SMILES string of the molecule is O=C(NCC1CCN(C(=O)OCc2ccccc2)CC1)c1n[nH]c2c1CCC2. The molecule has 2 amide bonds. The number of H-pyrrole nitrogens is 1. The summed E-state index contributed by atoms with van der Waals surface area (Å²) in [5, 5.41) is 10.2. The number of carbonyl (C=O) groups excluding carboxylic acids is 2. The van der Waals surface area contributed by atoms with E-state index >= 15 is 0 Å². The molecule has 7 heteroatoms. The Labute approximate surface area is 164 Å². The van der Waals surface area contributed by atoms with E-state index in [9.17, 15) is 9.59 Å². The Morgan fingerprint density at radius 3 is 2.75 bits per heavy atom. The van der Waals surface area contributed by atoms with Crippen LogP contribution in [-0.4, -0.2) is 46.7 Å². The first-order chi connectivity index (χ1) is 13.7. The molecule has 1 aromatic carbocycles. The first-order valence-corrected chi connectivity index (χ1v) is 10.0. The molecule has 7 nitrogen and oxygen atoms in total. The topological polar surface area (TPSA) is 87.3 Å². The second kappa shape index (κ2) is 8.46. The van der Waals surface area contributed by atoms with Crippen LogP contribution in [0.25, 0.3) is 0 Å². The van der Waals surface area contributed by atoms with Gasteiger partial charge in [0.1, 0.15) is 6.61 Å². The van der Waals surface area contributed by atoms with Gasteiger partial charge < -0.3 is 15.0 Å². The molecule has 28 heavy (non-hydrogen) atoms. The van der Waals surface area contributed by atoms with E-state index in [1.807, 2.05) is 30.3 Å². The summed E-state index contributed by atoms with van der Waals surface area (Å²) in [6, 6.07) is 9.68. The summed E-state index contributed by atoms with van der Waals surface area (Å²) in [5.41, 5.74) is 3.72. The van der Waals surface area contributed by atoms with Gasteiger partial charge in [-0.15, -0.1) is 0 Å². The summed E-state index contributed by atoms with van der Waals surface area (Å²) in [5.74, 6) is 0.276. The fraction of sp³-hybridized carbons (Fsp3) is 0.476. The number of nitrogens with zero attached hydrogens (tertiary/aromatic N) is 2. The third-order valence-corrected chi connectivity index (χ3v) is 5.65. The van der Waals surface area contributed by atoms with Crippen LogP contribution < -0.4 is 5.32 Å². The van der Waals surface area contributed by atoms with Crippen LogP contribution in [0.15, 0.2) is 30.3 Å². The smallest absolute Gasteiger partial charge is 0.410 e. The van der Waals surface area contributed by atoms with Crippen molar-refractivity contribution < 1.29 is 14.3 Å². The number of aromatic amines is 1. The molecule has 0 bridgehead atoms. The number of aromatic nitrogens is 2. The van der Waals surface area contributed by atoms with E-state index in [1.54, 1.807) is 4.90 Å². The van der Waals surface area contributed by atoms with Crippen molar-refractivity contribution in [2.45, 2.75) is 38.7 Å². The van der Waals surface area contributed by atoms with Crippen LogP contribution in [0.4, 0.5) is 4.79 Å². The summed E-state index contributed by atoms with van der Waals surface area (Å²) >= 11 is 0. The lowest BCUT2D eigenvalue weighted by molar-refractivity contribution is 0.0799. The van der Waals surface area contributed by atoms with Gasteiger partial charge in [0.05, 0.1) is 0 Å². The number of nitrogens with one attached hydrogen (secondary N) is 2. The molecular weight excluding hydrogens is 356 g/mol. The van der Waals surface area contributed by atoms with Crippen molar-refractivity contribution in [2.24, 2.45) is 5.92 Å². The maximum Gasteiger partial charge on any atom is 0.410 e. The van der Waals surface area contributed by atoms with Gasteiger partial charge in [-0.2, -0.15) is 5.10 Å². The summed E-state index contributed by atoms with van der Waals surface area (Å²) in [6.45, 7) is 2.23. The van der Waals surface area contributed by atoms with Crippen molar-refractivity contribution in [3.05, 3.63) is 52.8 Å². The fourth-order valence-electron chi connectivity index (χ4n) is 3.96. The minimum atomic E-state index is -0.265. The largest absolute Gasteiger partial charge is 0.445 e. The lowest BCUT2D eigenvalue weighted by Crippen LogP contribution is -2.41. The van der Waals surface area contributed by atoms with Crippen LogP contribution in [0, 0.1) is 5.92 Å². The third kappa shape index (κ3) is 4.18. The van der Waals surface area contributed by atoms with E-state index in [-0.39, 0.29) is 12.0 Å². The predicted molar refractivity (Wildman–Crippen MR) is 104 cm³/mol. The van der Waals surface area contributed by atoms with Gasteiger partial charge in [-0.05, 0) is 43.6 Å². The Balaban J connectivity index is 1.19. The van der Waals surface area contributed by atoms with Gasteiger partial charge in [0.2, 0.25) is 0 Å². The van der Waals surface area contributed by atoms with Crippen LogP contribution in [0.5, 0.6) is 0 Å². The number of piperidine rings is 1. The first-order valence-electron chi connectivity index (χ1n) is 10.0. The van der Waals surface area contributed by atoms with Gasteiger partial charge in [-0.25, -0.2) is 4.79 Å². The summed E-state index contributed by atoms with van der Waals surface area (Å²) in [7, 11) is 0. The molecule has 0 radical (unpaired) electrons. The van der Waals surface area contributed by atoms with E-state index in [4.69, 9.17) is 4.74 Å². The van der Waals surface area contributed by atoms with Crippen molar-refractivity contribution >= 4 is 12.0 Å². The highest BCUT2D eigenvalue weighted by atomic mass is 16.6. The predicted octanol–water partition coefficient (Wildman–Crippen LogP) is 2.68. The molecule has 1 fully saturated rings. The molecule has 4 rings (SSSR count). The lowest BCUT2D eigenvalue weighted by atomic mass is 9.97. The molecule has 0 saturated carbocycles. The van der Waals surface area contributed by atoms with Crippen molar-refractivity contribution in [1.82, 2.24) is 20.4 Å². The average molecular weight is 382 g/mol. The zero-order valence-electron chi connectivity index (χ0n) is 15.9. The van der Waals surface area contributed by atoms with Crippen molar-refractivity contribution in [3.8, 4) is 0 Å². The second-order valence-electron chi connectivity index (χ2n) is 7.56. The Morgan fingerprint density at radius 2 is 1.96 bits per heavy atom. The molecule has 2 aliphatic rings. The van der Waals surface area contributed by atoms with Crippen LogP contribution in [-0.2, 0) is 24.2 Å². The Hall–Kier alpha value is -2.83. The molecule has 2 heterocycles. The summed E-state index contributed by atoms with van der Waals surface area (Å²) < 4.78 is 5.40. The molecule has 1 aliphatic carbocycles. The highest BCUT2D eigenvalue weighted by molar-refractivity contribution is 5.94. The average Bonchev–Trinajstić information content (AvgIpc) is 3.35. The Kier molecular flexibility index (Phi) is 5.60. The molecule has 1 aliphatic heterocycles. The Bertz CT molecular complexity index is 825. The number of hydrogen-bond donors (Lipinski definition) is 2. The van der Waals surface area contributed by atoms with Gasteiger partial charge in [-0.1, -0.05) is 30.3 Å². The number of ether oxygens (including phenoxy) is 1. The molecular formula is C21H26N4O3. The summed E-state index contributed by atoms with van der Waals surface area (Å²) in [4.78, 5) is 26.4. The highest BCUT2D eigenvalue weighted by Gasteiger charge is 2.26. The zero-order chi connectivity index (χ0) is 19.3. The van der Waals surface area contributed by atoms with Crippen molar-refractivity contribution in [3.63, 3.8) is 0 Å². The van der Waals surface area contributed by atoms with Crippen molar-refractivity contribution in [2.75, 3.05) is 19.6 Å².